The number of benzene rings is 1. The van der Waals surface area contributed by atoms with Gasteiger partial charge < -0.3 is 10.6 Å². The molecule has 1 aromatic carbocycles. The molecular weight excluding hydrogens is 422 g/mol. The zero-order chi connectivity index (χ0) is 18.9. The van der Waals surface area contributed by atoms with Crippen molar-refractivity contribution in [2.75, 3.05) is 29.9 Å². The summed E-state index contributed by atoms with van der Waals surface area (Å²) in [7, 11) is 0. The Morgan fingerprint density at radius 1 is 1.12 bits per heavy atom. The molecule has 1 saturated heterocycles. The fraction of sp³-hybridized carbons (Fsp3) is 0.412. The predicted octanol–water partition coefficient (Wildman–Crippen LogP) is 1.78. The van der Waals surface area contributed by atoms with Crippen LogP contribution in [0.5, 0.6) is 0 Å². The maximum atomic E-state index is 11.8. The van der Waals surface area contributed by atoms with Crippen LogP contribution in [0.2, 0.25) is 0 Å². The van der Waals surface area contributed by atoms with Gasteiger partial charge in [0.25, 0.3) is 0 Å². The summed E-state index contributed by atoms with van der Waals surface area (Å²) < 4.78 is 0.875. The van der Waals surface area contributed by atoms with Gasteiger partial charge in [-0.3, -0.25) is 24.1 Å². The largest absolute Gasteiger partial charge is 0.355 e. The highest BCUT2D eigenvalue weighted by Gasteiger charge is 2.27. The molecule has 1 aromatic rings. The average Bonchev–Trinajstić information content (AvgIpc) is 2.90. The third-order valence-electron chi connectivity index (χ3n) is 3.61. The van der Waals surface area contributed by atoms with Crippen LogP contribution in [0, 0.1) is 0 Å². The van der Waals surface area contributed by atoms with Crippen molar-refractivity contribution >= 4 is 57.0 Å². The number of nitrogens with zero attached hydrogens (tertiary/aromatic N) is 1. The second-order valence-corrected chi connectivity index (χ2v) is 7.60. The van der Waals surface area contributed by atoms with Crippen molar-refractivity contribution in [1.29, 1.82) is 0 Å². The van der Waals surface area contributed by atoms with E-state index in [0.29, 0.717) is 25.2 Å². The van der Waals surface area contributed by atoms with Crippen molar-refractivity contribution < 1.29 is 19.2 Å². The van der Waals surface area contributed by atoms with E-state index in [1.54, 1.807) is 12.1 Å². The number of halogens is 1. The third kappa shape index (κ3) is 6.80. The first kappa shape index (κ1) is 20.4. The van der Waals surface area contributed by atoms with E-state index in [2.05, 4.69) is 26.6 Å². The van der Waals surface area contributed by atoms with Crippen molar-refractivity contribution in [3.8, 4) is 0 Å². The molecule has 1 heterocycles. The molecule has 9 heteroatoms. The molecule has 26 heavy (non-hydrogen) atoms. The summed E-state index contributed by atoms with van der Waals surface area (Å²) in [4.78, 5) is 47.7. The van der Waals surface area contributed by atoms with Crippen LogP contribution in [0.4, 0.5) is 5.69 Å². The van der Waals surface area contributed by atoms with Crippen LogP contribution in [-0.4, -0.2) is 53.1 Å². The molecule has 0 saturated carbocycles. The van der Waals surface area contributed by atoms with Crippen LogP contribution in [0.25, 0.3) is 0 Å². The number of likely N-dealkylation sites (tertiary alicyclic amines) is 1. The first-order chi connectivity index (χ1) is 12.5. The molecule has 2 rings (SSSR count). The molecule has 0 bridgehead atoms. The van der Waals surface area contributed by atoms with Crippen molar-refractivity contribution in [2.45, 2.75) is 19.3 Å². The lowest BCUT2D eigenvalue weighted by Gasteiger charge is -2.13. The smallest absolute Gasteiger partial charge is 0.234 e. The summed E-state index contributed by atoms with van der Waals surface area (Å²) in [6.07, 6.45) is 1.09. The number of rotatable bonds is 9. The van der Waals surface area contributed by atoms with Gasteiger partial charge in [-0.05, 0) is 24.6 Å². The number of anilines is 1. The van der Waals surface area contributed by atoms with E-state index < -0.39 is 0 Å². The highest BCUT2D eigenvalue weighted by atomic mass is 79.9. The number of carbonyl (C=O) groups is 4. The predicted molar refractivity (Wildman–Crippen MR) is 104 cm³/mol. The summed E-state index contributed by atoms with van der Waals surface area (Å²) in [5.74, 6) is -0.289. The van der Waals surface area contributed by atoms with E-state index in [1.165, 1.54) is 16.7 Å². The molecule has 1 fully saturated rings. The maximum Gasteiger partial charge on any atom is 0.234 e. The van der Waals surface area contributed by atoms with Gasteiger partial charge in [-0.1, -0.05) is 22.0 Å². The van der Waals surface area contributed by atoms with Crippen LogP contribution >= 0.6 is 27.7 Å². The Balaban J connectivity index is 1.55. The van der Waals surface area contributed by atoms with E-state index in [9.17, 15) is 19.2 Å². The van der Waals surface area contributed by atoms with Crippen molar-refractivity contribution in [3.63, 3.8) is 0 Å². The number of amides is 4. The number of hydrogen-bond acceptors (Lipinski definition) is 5. The summed E-state index contributed by atoms with van der Waals surface area (Å²) in [6, 6.07) is 7.27. The molecule has 2 N–H and O–H groups in total. The first-order valence-corrected chi connectivity index (χ1v) is 10.1. The molecule has 7 nitrogen and oxygen atoms in total. The Labute approximate surface area is 164 Å². The van der Waals surface area contributed by atoms with Crippen LogP contribution in [0.1, 0.15) is 19.3 Å². The molecule has 0 spiro atoms. The second kappa shape index (κ2) is 10.3. The molecule has 0 unspecified atom stereocenters. The monoisotopic (exact) mass is 441 g/mol. The summed E-state index contributed by atoms with van der Waals surface area (Å²) >= 11 is 4.55. The Kier molecular flexibility index (Phi) is 8.11. The lowest BCUT2D eigenvalue weighted by Crippen LogP contribution is -2.33. The molecule has 4 amide bonds. The topological polar surface area (TPSA) is 95.6 Å². The van der Waals surface area contributed by atoms with E-state index in [4.69, 9.17) is 0 Å². The minimum Gasteiger partial charge on any atom is -0.355 e. The van der Waals surface area contributed by atoms with Gasteiger partial charge in [0.15, 0.2) is 0 Å². The molecule has 0 aromatic heterocycles. The average molecular weight is 442 g/mol. The van der Waals surface area contributed by atoms with Gasteiger partial charge in [0.1, 0.15) is 0 Å². The van der Waals surface area contributed by atoms with Gasteiger partial charge in [-0.15, -0.1) is 11.8 Å². The number of imide groups is 1. The van der Waals surface area contributed by atoms with Crippen molar-refractivity contribution in [2.24, 2.45) is 0 Å². The molecule has 1 aliphatic rings. The normalized spacial score (nSPS) is 13.8. The summed E-state index contributed by atoms with van der Waals surface area (Å²) in [5, 5.41) is 5.48. The molecule has 0 atom stereocenters. The van der Waals surface area contributed by atoms with Crippen LogP contribution in [0.3, 0.4) is 0 Å². The van der Waals surface area contributed by atoms with Gasteiger partial charge >= 0.3 is 0 Å². The van der Waals surface area contributed by atoms with E-state index in [0.717, 1.165) is 4.47 Å². The van der Waals surface area contributed by atoms with Gasteiger partial charge in [0.2, 0.25) is 23.6 Å². The quantitative estimate of drug-likeness (QED) is 0.449. The van der Waals surface area contributed by atoms with Crippen molar-refractivity contribution in [3.05, 3.63) is 28.7 Å². The Morgan fingerprint density at radius 3 is 2.50 bits per heavy atom. The molecule has 140 valence electrons. The number of thioether (sulfide) groups is 1. The SMILES string of the molecule is O=C(CSCC(=O)Nc1cccc(Br)c1)NCCCN1C(=O)CCC1=O. The number of hydrogen-bond donors (Lipinski definition) is 2. The first-order valence-electron chi connectivity index (χ1n) is 8.19. The van der Waals surface area contributed by atoms with Crippen molar-refractivity contribution in [1.82, 2.24) is 10.2 Å². The minimum atomic E-state index is -0.177. The zero-order valence-electron chi connectivity index (χ0n) is 14.1. The maximum absolute atomic E-state index is 11.8. The number of nitrogens with one attached hydrogen (secondary N) is 2. The molecule has 0 aliphatic carbocycles. The highest BCUT2D eigenvalue weighted by molar-refractivity contribution is 9.10. The highest BCUT2D eigenvalue weighted by Crippen LogP contribution is 2.16. The standard InChI is InChI=1S/C17H20BrN3O4S/c18-12-3-1-4-13(9-12)20-15(23)11-26-10-14(22)19-7-2-8-21-16(24)5-6-17(21)25/h1,3-4,9H,2,5-8,10-11H2,(H,19,22)(H,20,23). The van der Waals surface area contributed by atoms with E-state index >= 15 is 0 Å². The van der Waals surface area contributed by atoms with Crippen LogP contribution in [0.15, 0.2) is 28.7 Å². The Hall–Kier alpha value is -1.87. The lowest BCUT2D eigenvalue weighted by atomic mass is 10.3. The van der Waals surface area contributed by atoms with E-state index in [1.807, 2.05) is 12.1 Å². The lowest BCUT2D eigenvalue weighted by molar-refractivity contribution is -0.138. The molecular formula is C17H20BrN3O4S. The second-order valence-electron chi connectivity index (χ2n) is 5.69. The van der Waals surface area contributed by atoms with Crippen LogP contribution in [-0.2, 0) is 19.2 Å². The Bertz CT molecular complexity index is 682. The summed E-state index contributed by atoms with van der Waals surface area (Å²) in [5.41, 5.74) is 0.695. The van der Waals surface area contributed by atoms with Gasteiger partial charge in [0, 0.05) is 36.1 Å². The third-order valence-corrected chi connectivity index (χ3v) is 5.04. The van der Waals surface area contributed by atoms with Gasteiger partial charge in [-0.25, -0.2) is 0 Å². The fourth-order valence-corrected chi connectivity index (χ4v) is 3.43. The van der Waals surface area contributed by atoms with Crippen LogP contribution < -0.4 is 10.6 Å². The van der Waals surface area contributed by atoms with Gasteiger partial charge in [0.05, 0.1) is 11.5 Å². The fourth-order valence-electron chi connectivity index (χ4n) is 2.39. The number of carbonyl (C=O) groups excluding carboxylic acids is 4. The molecule has 1 aliphatic heterocycles. The zero-order valence-corrected chi connectivity index (χ0v) is 16.5. The van der Waals surface area contributed by atoms with Gasteiger partial charge in [-0.2, -0.15) is 0 Å². The summed E-state index contributed by atoms with van der Waals surface area (Å²) in [6.45, 7) is 0.723. The minimum absolute atomic E-state index is 0.145. The Morgan fingerprint density at radius 2 is 1.81 bits per heavy atom. The van der Waals surface area contributed by atoms with E-state index in [-0.39, 0.29) is 48.0 Å². The molecule has 0 radical (unpaired) electrons.